The van der Waals surface area contributed by atoms with Crippen molar-refractivity contribution in [3.05, 3.63) is 0 Å². The summed E-state index contributed by atoms with van der Waals surface area (Å²) in [6.45, 7) is 1.05. The number of carbonyl (C=O) groups is 2. The van der Waals surface area contributed by atoms with Crippen molar-refractivity contribution in [3.63, 3.8) is 0 Å². The number of nitrogens with two attached hydrogens (primary N) is 1. The van der Waals surface area contributed by atoms with Crippen molar-refractivity contribution >= 4 is 17.6 Å². The quantitative estimate of drug-likeness (QED) is 0.290. The van der Waals surface area contributed by atoms with Gasteiger partial charge >= 0.3 is 0 Å². The van der Waals surface area contributed by atoms with E-state index in [9.17, 15) is 9.59 Å². The van der Waals surface area contributed by atoms with E-state index in [-0.39, 0.29) is 23.6 Å². The first-order valence-electron chi connectivity index (χ1n) is 7.04. The fourth-order valence-corrected chi connectivity index (χ4v) is 3.09. The van der Waals surface area contributed by atoms with Crippen LogP contribution in [0.1, 0.15) is 32.1 Å². The van der Waals surface area contributed by atoms with Gasteiger partial charge in [0.15, 0.2) is 5.84 Å². The van der Waals surface area contributed by atoms with Crippen molar-refractivity contribution in [2.75, 3.05) is 20.1 Å². The minimum atomic E-state index is -0.848. The molecule has 0 bridgehead atoms. The molecule has 2 amide bonds. The van der Waals surface area contributed by atoms with Crippen molar-refractivity contribution < 1.29 is 14.8 Å². The summed E-state index contributed by atoms with van der Waals surface area (Å²) >= 11 is 0. The van der Waals surface area contributed by atoms with E-state index in [1.807, 2.05) is 0 Å². The molecule has 2 rings (SSSR count). The average molecular weight is 282 g/mol. The van der Waals surface area contributed by atoms with Gasteiger partial charge in [0.2, 0.25) is 11.8 Å². The molecule has 1 saturated heterocycles. The second kappa shape index (κ2) is 5.68. The van der Waals surface area contributed by atoms with Crippen LogP contribution >= 0.6 is 0 Å². The number of nitrogens with one attached hydrogen (secondary N) is 1. The van der Waals surface area contributed by atoms with Crippen LogP contribution in [0, 0.1) is 11.3 Å². The van der Waals surface area contributed by atoms with E-state index in [2.05, 4.69) is 10.5 Å². The second-order valence-electron chi connectivity index (χ2n) is 5.63. The molecule has 0 aromatic rings. The number of nitrogens with zero attached hydrogens (tertiary/aromatic N) is 2. The summed E-state index contributed by atoms with van der Waals surface area (Å²) in [6, 6.07) is 0. The van der Waals surface area contributed by atoms with Gasteiger partial charge in [0, 0.05) is 20.1 Å². The Hall–Kier alpha value is -1.79. The molecule has 1 aliphatic heterocycles. The third-order valence-electron chi connectivity index (χ3n) is 4.54. The lowest BCUT2D eigenvalue weighted by Crippen LogP contribution is -2.57. The van der Waals surface area contributed by atoms with Gasteiger partial charge in [0.25, 0.3) is 0 Å². The average Bonchev–Trinajstić information content (AvgIpc) is 2.44. The smallest absolute Gasteiger partial charge is 0.236 e. The monoisotopic (exact) mass is 282 g/mol. The fraction of sp³-hybridized carbons (Fsp3) is 0.769. The number of carbonyl (C=O) groups excluding carboxylic acids is 2. The molecular formula is C13H22N4O3. The molecule has 0 aromatic heterocycles. The van der Waals surface area contributed by atoms with Crippen molar-refractivity contribution in [1.29, 1.82) is 0 Å². The zero-order valence-corrected chi connectivity index (χ0v) is 11.8. The molecule has 4 N–H and O–H groups in total. The molecule has 0 radical (unpaired) electrons. The molecule has 0 spiro atoms. The molecule has 7 heteroatoms. The molecule has 112 valence electrons. The molecule has 1 heterocycles. The lowest BCUT2D eigenvalue weighted by molar-refractivity contribution is -0.145. The van der Waals surface area contributed by atoms with Gasteiger partial charge in [-0.2, -0.15) is 0 Å². The van der Waals surface area contributed by atoms with Gasteiger partial charge in [-0.1, -0.05) is 11.6 Å². The summed E-state index contributed by atoms with van der Waals surface area (Å²) in [7, 11) is 1.60. The highest BCUT2D eigenvalue weighted by atomic mass is 16.4. The fourth-order valence-electron chi connectivity index (χ4n) is 3.09. The van der Waals surface area contributed by atoms with Gasteiger partial charge in [-0.3, -0.25) is 9.59 Å². The Morgan fingerprint density at radius 3 is 2.60 bits per heavy atom. The Balaban J connectivity index is 2.10. The summed E-state index contributed by atoms with van der Waals surface area (Å²) < 4.78 is 0. The molecular weight excluding hydrogens is 260 g/mol. The molecule has 1 unspecified atom stereocenters. The van der Waals surface area contributed by atoms with Gasteiger partial charge in [0.1, 0.15) is 5.41 Å². The Kier molecular flexibility index (Phi) is 4.15. The lowest BCUT2D eigenvalue weighted by Gasteiger charge is -2.44. The zero-order chi connectivity index (χ0) is 14.8. The van der Waals surface area contributed by atoms with Gasteiger partial charge in [-0.25, -0.2) is 0 Å². The van der Waals surface area contributed by atoms with Crippen LogP contribution in [0.2, 0.25) is 0 Å². The summed E-state index contributed by atoms with van der Waals surface area (Å²) in [5, 5.41) is 14.6. The van der Waals surface area contributed by atoms with Gasteiger partial charge < -0.3 is 21.2 Å². The lowest BCUT2D eigenvalue weighted by atomic mass is 9.66. The van der Waals surface area contributed by atoms with Gasteiger partial charge in [-0.15, -0.1) is 0 Å². The minimum absolute atomic E-state index is 0.00387. The summed E-state index contributed by atoms with van der Waals surface area (Å²) in [5.74, 6) is -0.306. The van der Waals surface area contributed by atoms with E-state index in [1.165, 1.54) is 0 Å². The van der Waals surface area contributed by atoms with Crippen LogP contribution in [-0.2, 0) is 9.59 Å². The van der Waals surface area contributed by atoms with Crippen LogP contribution in [0.4, 0.5) is 0 Å². The van der Waals surface area contributed by atoms with Crippen LogP contribution in [-0.4, -0.2) is 47.9 Å². The molecule has 20 heavy (non-hydrogen) atoms. The zero-order valence-electron chi connectivity index (χ0n) is 11.8. The number of likely N-dealkylation sites (tertiary alicyclic amines) is 1. The molecule has 7 nitrogen and oxygen atoms in total. The van der Waals surface area contributed by atoms with Crippen LogP contribution in [0.3, 0.4) is 0 Å². The largest absolute Gasteiger partial charge is 0.409 e. The number of amidine groups is 1. The number of hydrogen-bond acceptors (Lipinski definition) is 4. The van der Waals surface area contributed by atoms with E-state index in [1.54, 1.807) is 11.9 Å². The van der Waals surface area contributed by atoms with E-state index >= 15 is 0 Å². The van der Waals surface area contributed by atoms with Crippen LogP contribution < -0.4 is 11.1 Å². The number of hydrogen-bond donors (Lipinski definition) is 3. The Morgan fingerprint density at radius 2 is 2.10 bits per heavy atom. The topological polar surface area (TPSA) is 108 Å². The number of piperidine rings is 1. The van der Waals surface area contributed by atoms with Gasteiger partial charge in [0.05, 0.1) is 5.92 Å². The van der Waals surface area contributed by atoms with Crippen molar-refractivity contribution in [2.24, 2.45) is 22.2 Å². The van der Waals surface area contributed by atoms with E-state index in [4.69, 9.17) is 10.9 Å². The molecule has 1 atom stereocenters. The van der Waals surface area contributed by atoms with Crippen molar-refractivity contribution in [1.82, 2.24) is 10.2 Å². The number of oxime groups is 1. The highest BCUT2D eigenvalue weighted by molar-refractivity contribution is 6.07. The van der Waals surface area contributed by atoms with Crippen LogP contribution in [0.5, 0.6) is 0 Å². The third-order valence-corrected chi connectivity index (χ3v) is 4.54. The first kappa shape index (κ1) is 14.6. The van der Waals surface area contributed by atoms with E-state index in [0.717, 1.165) is 19.3 Å². The molecule has 2 fully saturated rings. The Morgan fingerprint density at radius 1 is 1.40 bits per heavy atom. The highest BCUT2D eigenvalue weighted by Crippen LogP contribution is 2.43. The molecule has 0 aromatic carbocycles. The Bertz CT molecular complexity index is 431. The highest BCUT2D eigenvalue weighted by Gasteiger charge is 2.50. The summed E-state index contributed by atoms with van der Waals surface area (Å²) in [6.07, 6.45) is 3.72. The summed E-state index contributed by atoms with van der Waals surface area (Å²) in [5.41, 5.74) is 4.87. The maximum atomic E-state index is 12.7. The number of rotatable bonds is 3. The molecule has 1 aliphatic carbocycles. The first-order valence-corrected chi connectivity index (χ1v) is 7.04. The van der Waals surface area contributed by atoms with E-state index in [0.29, 0.717) is 25.9 Å². The third kappa shape index (κ3) is 2.32. The van der Waals surface area contributed by atoms with Gasteiger partial charge in [-0.05, 0) is 25.7 Å². The van der Waals surface area contributed by atoms with Crippen LogP contribution in [0.25, 0.3) is 0 Å². The van der Waals surface area contributed by atoms with Crippen molar-refractivity contribution in [2.45, 2.75) is 32.1 Å². The predicted octanol–water partition coefficient (Wildman–Crippen LogP) is -0.112. The maximum Gasteiger partial charge on any atom is 0.236 e. The number of amides is 2. The first-order chi connectivity index (χ1) is 9.55. The SMILES string of the molecule is CNC(=O)C1CCCN(C(=O)C2(C(N)=NO)CCC2)C1. The standard InChI is InChI=1S/C13H22N4O3/c1-15-10(18)9-4-2-7-17(8-9)12(19)13(5-3-6-13)11(14)16-20/h9,20H,2-8H2,1H3,(H2,14,16)(H,15,18). The predicted molar refractivity (Wildman–Crippen MR) is 73.1 cm³/mol. The van der Waals surface area contributed by atoms with E-state index < -0.39 is 5.41 Å². The minimum Gasteiger partial charge on any atom is -0.409 e. The molecule has 2 aliphatic rings. The Labute approximate surface area is 118 Å². The molecule has 1 saturated carbocycles. The van der Waals surface area contributed by atoms with Crippen molar-refractivity contribution in [3.8, 4) is 0 Å². The maximum absolute atomic E-state index is 12.7. The van der Waals surface area contributed by atoms with Crippen LogP contribution in [0.15, 0.2) is 5.16 Å². The summed E-state index contributed by atoms with van der Waals surface area (Å²) in [4.78, 5) is 26.1. The normalized spacial score (nSPS) is 25.8. The second-order valence-corrected chi connectivity index (χ2v) is 5.63.